The zero-order valence-corrected chi connectivity index (χ0v) is 16.4. The molecular formula is C21H20F3N3O3. The van der Waals surface area contributed by atoms with Gasteiger partial charge in [-0.3, -0.25) is 9.59 Å². The van der Waals surface area contributed by atoms with E-state index in [0.717, 1.165) is 4.68 Å². The van der Waals surface area contributed by atoms with Gasteiger partial charge in [0.1, 0.15) is 5.52 Å². The number of aryl methyl sites for hydroxylation is 1. The number of hydrogen-bond donors (Lipinski definition) is 0. The first-order valence-corrected chi connectivity index (χ1v) is 9.25. The molecule has 0 saturated carbocycles. The molecule has 0 bridgehead atoms. The van der Waals surface area contributed by atoms with Gasteiger partial charge < -0.3 is 4.74 Å². The molecule has 0 aliphatic rings. The van der Waals surface area contributed by atoms with Crippen LogP contribution < -0.4 is 5.56 Å². The van der Waals surface area contributed by atoms with Crippen LogP contribution in [0, 0.1) is 0 Å². The van der Waals surface area contributed by atoms with E-state index in [2.05, 4.69) is 10.3 Å². The second-order valence-electron chi connectivity index (χ2n) is 7.38. The van der Waals surface area contributed by atoms with Gasteiger partial charge in [-0.15, -0.1) is 5.10 Å². The molecule has 6 nitrogen and oxygen atoms in total. The van der Waals surface area contributed by atoms with Gasteiger partial charge in [0.05, 0.1) is 18.4 Å². The van der Waals surface area contributed by atoms with Gasteiger partial charge in [0, 0.05) is 5.41 Å². The lowest BCUT2D eigenvalue weighted by Gasteiger charge is -2.35. The van der Waals surface area contributed by atoms with E-state index in [4.69, 9.17) is 4.74 Å². The normalized spacial score (nSPS) is 13.2. The quantitative estimate of drug-likeness (QED) is 0.571. The summed E-state index contributed by atoms with van der Waals surface area (Å²) in [5, 5.41) is 7.91. The maximum absolute atomic E-state index is 13.7. The lowest BCUT2D eigenvalue weighted by molar-refractivity contribution is -0.236. The fourth-order valence-corrected chi connectivity index (χ4v) is 3.20. The molecule has 0 saturated heterocycles. The molecule has 1 heterocycles. The van der Waals surface area contributed by atoms with Gasteiger partial charge in [0.25, 0.3) is 5.56 Å². The molecule has 0 radical (unpaired) electrons. The van der Waals surface area contributed by atoms with Gasteiger partial charge in [0.2, 0.25) is 6.10 Å². The van der Waals surface area contributed by atoms with Gasteiger partial charge in [-0.25, -0.2) is 4.68 Å². The molecule has 0 N–H and O–H groups in total. The molecule has 1 unspecified atom stereocenters. The Morgan fingerprint density at radius 2 is 1.70 bits per heavy atom. The fourth-order valence-electron chi connectivity index (χ4n) is 3.20. The van der Waals surface area contributed by atoms with Crippen molar-refractivity contribution in [2.24, 2.45) is 0 Å². The number of carbonyl (C=O) groups excluding carboxylic acids is 1. The number of fused-ring (bicyclic) bond motifs is 1. The topological polar surface area (TPSA) is 74.1 Å². The molecule has 1 atom stereocenters. The summed E-state index contributed by atoms with van der Waals surface area (Å²) in [6.45, 7) is 2.49. The number of rotatable bonds is 6. The highest BCUT2D eigenvalue weighted by atomic mass is 19.4. The molecule has 2 aromatic carbocycles. The molecule has 30 heavy (non-hydrogen) atoms. The van der Waals surface area contributed by atoms with Gasteiger partial charge in [-0.1, -0.05) is 61.5 Å². The number of benzene rings is 2. The first kappa shape index (κ1) is 21.5. The molecule has 158 valence electrons. The van der Waals surface area contributed by atoms with Crippen molar-refractivity contribution >= 4 is 16.9 Å². The summed E-state index contributed by atoms with van der Waals surface area (Å²) in [5.41, 5.74) is -1.21. The Kier molecular flexibility index (Phi) is 5.91. The Morgan fingerprint density at radius 3 is 2.37 bits per heavy atom. The molecule has 0 aliphatic carbocycles. The SMILES string of the molecule is CC(C)(c1ccccc1)C(OC(=O)CCn1nnc2ccccc2c1=O)C(F)(F)F. The van der Waals surface area contributed by atoms with Crippen molar-refractivity contribution in [3.05, 3.63) is 70.5 Å². The number of alkyl halides is 3. The van der Waals surface area contributed by atoms with Crippen LogP contribution in [-0.2, 0) is 21.5 Å². The Labute approximate surface area is 170 Å². The number of nitrogens with zero attached hydrogens (tertiary/aromatic N) is 3. The molecule has 3 aromatic rings. The summed E-state index contributed by atoms with van der Waals surface area (Å²) in [6.07, 6.45) is -7.57. The Balaban J connectivity index is 1.76. The van der Waals surface area contributed by atoms with E-state index in [0.29, 0.717) is 16.5 Å². The van der Waals surface area contributed by atoms with Gasteiger partial charge in [-0.05, 0) is 17.7 Å². The maximum Gasteiger partial charge on any atom is 0.426 e. The molecule has 0 aliphatic heterocycles. The smallest absolute Gasteiger partial charge is 0.426 e. The highest BCUT2D eigenvalue weighted by Gasteiger charge is 2.52. The third kappa shape index (κ3) is 4.50. The monoisotopic (exact) mass is 419 g/mol. The number of ether oxygens (including phenoxy) is 1. The summed E-state index contributed by atoms with van der Waals surface area (Å²) in [7, 11) is 0. The van der Waals surface area contributed by atoms with E-state index >= 15 is 0 Å². The van der Waals surface area contributed by atoms with Crippen molar-refractivity contribution < 1.29 is 22.7 Å². The molecule has 0 fully saturated rings. The minimum Gasteiger partial charge on any atom is -0.452 e. The number of aromatic nitrogens is 3. The van der Waals surface area contributed by atoms with E-state index in [1.165, 1.54) is 13.8 Å². The van der Waals surface area contributed by atoms with Crippen molar-refractivity contribution in [1.82, 2.24) is 15.0 Å². The summed E-state index contributed by atoms with van der Waals surface area (Å²) in [4.78, 5) is 24.6. The van der Waals surface area contributed by atoms with Crippen LogP contribution in [0.15, 0.2) is 59.4 Å². The van der Waals surface area contributed by atoms with Crippen LogP contribution in [-0.4, -0.2) is 33.2 Å². The highest BCUT2D eigenvalue weighted by molar-refractivity contribution is 5.76. The van der Waals surface area contributed by atoms with Crippen molar-refractivity contribution in [2.75, 3.05) is 0 Å². The predicted octanol–water partition coefficient (Wildman–Crippen LogP) is 3.63. The molecule has 0 amide bonds. The van der Waals surface area contributed by atoms with Gasteiger partial charge >= 0.3 is 12.1 Å². The van der Waals surface area contributed by atoms with Crippen LogP contribution in [0.3, 0.4) is 0 Å². The first-order valence-electron chi connectivity index (χ1n) is 9.25. The van der Waals surface area contributed by atoms with Crippen molar-refractivity contribution in [3.8, 4) is 0 Å². The van der Waals surface area contributed by atoms with Crippen LogP contribution >= 0.6 is 0 Å². The van der Waals surface area contributed by atoms with Crippen LogP contribution in [0.1, 0.15) is 25.8 Å². The van der Waals surface area contributed by atoms with Gasteiger partial charge in [0.15, 0.2) is 0 Å². The second-order valence-corrected chi connectivity index (χ2v) is 7.38. The zero-order valence-electron chi connectivity index (χ0n) is 16.4. The molecule has 1 aromatic heterocycles. The van der Waals surface area contributed by atoms with Crippen LogP contribution in [0.5, 0.6) is 0 Å². The average molecular weight is 419 g/mol. The summed E-state index contributed by atoms with van der Waals surface area (Å²) < 4.78 is 46.9. The largest absolute Gasteiger partial charge is 0.452 e. The number of carbonyl (C=O) groups is 1. The summed E-state index contributed by atoms with van der Waals surface area (Å²) in [5.74, 6) is -1.08. The van der Waals surface area contributed by atoms with Crippen molar-refractivity contribution in [2.45, 2.75) is 44.5 Å². The molecule has 3 rings (SSSR count). The van der Waals surface area contributed by atoms with E-state index < -0.39 is 35.6 Å². The number of halogens is 3. The minimum absolute atomic E-state index is 0.244. The van der Waals surface area contributed by atoms with Crippen LogP contribution in [0.4, 0.5) is 13.2 Å². The van der Waals surface area contributed by atoms with Crippen molar-refractivity contribution in [3.63, 3.8) is 0 Å². The van der Waals surface area contributed by atoms with Gasteiger partial charge in [-0.2, -0.15) is 13.2 Å². The maximum atomic E-state index is 13.7. The van der Waals surface area contributed by atoms with E-state index in [-0.39, 0.29) is 6.54 Å². The molecule has 9 heteroatoms. The zero-order chi connectivity index (χ0) is 21.9. The van der Waals surface area contributed by atoms with E-state index in [1.54, 1.807) is 54.6 Å². The lowest BCUT2D eigenvalue weighted by Crippen LogP contribution is -2.48. The molecular weight excluding hydrogens is 399 g/mol. The van der Waals surface area contributed by atoms with Crippen molar-refractivity contribution in [1.29, 1.82) is 0 Å². The third-order valence-corrected chi connectivity index (χ3v) is 4.88. The Bertz CT molecular complexity index is 1100. The number of hydrogen-bond acceptors (Lipinski definition) is 5. The molecule has 0 spiro atoms. The van der Waals surface area contributed by atoms with Crippen LogP contribution in [0.25, 0.3) is 10.9 Å². The average Bonchev–Trinajstić information content (AvgIpc) is 2.71. The number of esters is 1. The summed E-state index contributed by atoms with van der Waals surface area (Å²) >= 11 is 0. The first-order chi connectivity index (χ1) is 14.1. The second kappa shape index (κ2) is 8.25. The Morgan fingerprint density at radius 1 is 1.07 bits per heavy atom. The minimum atomic E-state index is -4.77. The standard InChI is InChI=1S/C21H20F3N3O3/c1-20(2,14-8-4-3-5-9-14)19(21(22,23)24)30-17(28)12-13-27-18(29)15-10-6-7-11-16(15)25-26-27/h3-11,19H,12-13H2,1-2H3. The lowest BCUT2D eigenvalue weighted by atomic mass is 9.79. The highest BCUT2D eigenvalue weighted by Crippen LogP contribution is 2.39. The van der Waals surface area contributed by atoms with Crippen LogP contribution in [0.2, 0.25) is 0 Å². The van der Waals surface area contributed by atoms with E-state index in [9.17, 15) is 22.8 Å². The fraction of sp³-hybridized carbons (Fsp3) is 0.333. The predicted molar refractivity (Wildman–Crippen MR) is 104 cm³/mol. The van der Waals surface area contributed by atoms with E-state index in [1.807, 2.05) is 0 Å². The summed E-state index contributed by atoms with van der Waals surface area (Å²) in [6, 6.07) is 14.6. The third-order valence-electron chi connectivity index (χ3n) is 4.88. The Hall–Kier alpha value is -3.23.